The average molecular weight is 256 g/mol. The molecule has 1 rings (SSSR count). The van der Waals surface area contributed by atoms with Crippen LogP contribution in [-0.4, -0.2) is 58.5 Å². The first kappa shape index (κ1) is 15.0. The molecule has 2 atom stereocenters. The predicted octanol–water partition coefficient (Wildman–Crippen LogP) is 1.18. The zero-order valence-electron chi connectivity index (χ0n) is 11.6. The van der Waals surface area contributed by atoms with Gasteiger partial charge in [0.15, 0.2) is 0 Å². The van der Waals surface area contributed by atoms with Crippen LogP contribution in [0.15, 0.2) is 0 Å². The van der Waals surface area contributed by atoms with Crippen molar-refractivity contribution in [2.24, 2.45) is 0 Å². The number of likely N-dealkylation sites (tertiary alicyclic amines) is 1. The van der Waals surface area contributed by atoms with Gasteiger partial charge in [-0.15, -0.1) is 0 Å². The Balaban J connectivity index is 2.60. The average Bonchev–Trinajstić information content (AvgIpc) is 2.70. The van der Waals surface area contributed by atoms with Crippen molar-refractivity contribution in [2.75, 3.05) is 19.6 Å². The summed E-state index contributed by atoms with van der Waals surface area (Å²) in [6, 6.07) is 0.407. The highest BCUT2D eigenvalue weighted by Crippen LogP contribution is 2.16. The number of nitrogens with zero attached hydrogens (tertiary/aromatic N) is 2. The summed E-state index contributed by atoms with van der Waals surface area (Å²) in [5, 5.41) is 8.88. The minimum Gasteiger partial charge on any atom is -0.480 e. The van der Waals surface area contributed by atoms with Gasteiger partial charge in [-0.2, -0.15) is 0 Å². The fourth-order valence-corrected chi connectivity index (χ4v) is 2.35. The lowest BCUT2D eigenvalue weighted by Gasteiger charge is -2.30. The van der Waals surface area contributed by atoms with E-state index in [1.165, 1.54) is 4.90 Å². The van der Waals surface area contributed by atoms with E-state index in [9.17, 15) is 9.59 Å². The van der Waals surface area contributed by atoms with Crippen LogP contribution in [0, 0.1) is 0 Å². The van der Waals surface area contributed by atoms with Crippen LogP contribution in [0.2, 0.25) is 0 Å². The molecule has 18 heavy (non-hydrogen) atoms. The smallest absolute Gasteiger partial charge is 0.323 e. The minimum atomic E-state index is -0.946. The number of hydrogen-bond acceptors (Lipinski definition) is 3. The van der Waals surface area contributed by atoms with Crippen LogP contribution < -0.4 is 0 Å². The Bertz CT molecular complexity index is 307. The van der Waals surface area contributed by atoms with E-state index in [2.05, 4.69) is 11.8 Å². The van der Waals surface area contributed by atoms with Crippen molar-refractivity contribution < 1.29 is 14.7 Å². The number of rotatable bonds is 6. The van der Waals surface area contributed by atoms with Crippen molar-refractivity contribution in [3.8, 4) is 0 Å². The van der Waals surface area contributed by atoms with Gasteiger partial charge in [0.25, 0.3) is 0 Å². The SMILES string of the molecule is CCC(C)N(CC(=O)O)C(=O)CN1CCCC1C. The van der Waals surface area contributed by atoms with E-state index in [-0.39, 0.29) is 18.5 Å². The Morgan fingerprint density at radius 2 is 2.17 bits per heavy atom. The molecule has 0 aliphatic carbocycles. The van der Waals surface area contributed by atoms with Gasteiger partial charge in [0.1, 0.15) is 6.54 Å². The Labute approximate surface area is 109 Å². The summed E-state index contributed by atoms with van der Waals surface area (Å²) in [6.45, 7) is 7.06. The zero-order chi connectivity index (χ0) is 13.7. The molecular formula is C13H24N2O3. The molecule has 1 saturated heterocycles. The Kier molecular flexibility index (Phi) is 5.59. The number of carbonyl (C=O) groups is 2. The first-order valence-corrected chi connectivity index (χ1v) is 6.71. The van der Waals surface area contributed by atoms with Crippen LogP contribution in [-0.2, 0) is 9.59 Å². The van der Waals surface area contributed by atoms with Gasteiger partial charge >= 0.3 is 5.97 Å². The first-order chi connectivity index (χ1) is 8.45. The summed E-state index contributed by atoms with van der Waals surface area (Å²) in [6.07, 6.45) is 3.01. The summed E-state index contributed by atoms with van der Waals surface area (Å²) in [5.41, 5.74) is 0. The molecule has 1 N–H and O–H groups in total. The highest BCUT2D eigenvalue weighted by molar-refractivity contribution is 5.83. The van der Waals surface area contributed by atoms with Crippen molar-refractivity contribution in [1.29, 1.82) is 0 Å². The molecule has 104 valence electrons. The molecule has 1 aliphatic heterocycles. The van der Waals surface area contributed by atoms with Crippen LogP contribution in [0.1, 0.15) is 40.0 Å². The molecule has 0 spiro atoms. The van der Waals surface area contributed by atoms with Crippen LogP contribution in [0.25, 0.3) is 0 Å². The van der Waals surface area contributed by atoms with Gasteiger partial charge in [-0.3, -0.25) is 14.5 Å². The fraction of sp³-hybridized carbons (Fsp3) is 0.846. The monoisotopic (exact) mass is 256 g/mol. The van der Waals surface area contributed by atoms with E-state index in [1.807, 2.05) is 13.8 Å². The van der Waals surface area contributed by atoms with Crippen LogP contribution in [0.4, 0.5) is 0 Å². The zero-order valence-corrected chi connectivity index (χ0v) is 11.6. The van der Waals surface area contributed by atoms with Gasteiger partial charge in [-0.05, 0) is 39.7 Å². The predicted molar refractivity (Wildman–Crippen MR) is 69.4 cm³/mol. The molecule has 0 aromatic rings. The van der Waals surface area contributed by atoms with E-state index >= 15 is 0 Å². The third-order valence-electron chi connectivity index (χ3n) is 3.78. The molecular weight excluding hydrogens is 232 g/mol. The summed E-state index contributed by atoms with van der Waals surface area (Å²) < 4.78 is 0. The Morgan fingerprint density at radius 3 is 2.61 bits per heavy atom. The second-order valence-electron chi connectivity index (χ2n) is 5.13. The lowest BCUT2D eigenvalue weighted by molar-refractivity contribution is -0.146. The molecule has 5 nitrogen and oxygen atoms in total. The Hall–Kier alpha value is -1.10. The normalized spacial score (nSPS) is 21.8. The molecule has 1 aliphatic rings. The summed E-state index contributed by atoms with van der Waals surface area (Å²) in [5.74, 6) is -1.02. The molecule has 1 fully saturated rings. The second kappa shape index (κ2) is 6.73. The molecule has 0 bridgehead atoms. The Morgan fingerprint density at radius 1 is 1.50 bits per heavy atom. The molecule has 2 unspecified atom stereocenters. The van der Waals surface area contributed by atoms with Crippen molar-refractivity contribution >= 4 is 11.9 Å². The highest BCUT2D eigenvalue weighted by atomic mass is 16.4. The maximum atomic E-state index is 12.2. The maximum Gasteiger partial charge on any atom is 0.323 e. The lowest BCUT2D eigenvalue weighted by atomic mass is 10.2. The maximum absolute atomic E-state index is 12.2. The van der Waals surface area contributed by atoms with E-state index in [1.54, 1.807) is 0 Å². The molecule has 1 amide bonds. The van der Waals surface area contributed by atoms with Crippen LogP contribution in [0.3, 0.4) is 0 Å². The van der Waals surface area contributed by atoms with Gasteiger partial charge in [0, 0.05) is 12.1 Å². The van der Waals surface area contributed by atoms with Gasteiger partial charge in [0.05, 0.1) is 6.54 Å². The third kappa shape index (κ3) is 3.98. The van der Waals surface area contributed by atoms with Gasteiger partial charge in [0.2, 0.25) is 5.91 Å². The lowest BCUT2D eigenvalue weighted by Crippen LogP contribution is -2.47. The number of carboxylic acid groups (broad SMARTS) is 1. The van der Waals surface area contributed by atoms with Crippen molar-refractivity contribution in [3.63, 3.8) is 0 Å². The minimum absolute atomic E-state index is 0.0218. The summed E-state index contributed by atoms with van der Waals surface area (Å²) in [7, 11) is 0. The first-order valence-electron chi connectivity index (χ1n) is 6.71. The highest BCUT2D eigenvalue weighted by Gasteiger charge is 2.27. The molecule has 1 heterocycles. The number of aliphatic carboxylic acids is 1. The van der Waals surface area contributed by atoms with E-state index in [4.69, 9.17) is 5.11 Å². The molecule has 0 aromatic heterocycles. The van der Waals surface area contributed by atoms with Crippen molar-refractivity contribution in [2.45, 2.75) is 52.1 Å². The number of hydrogen-bond donors (Lipinski definition) is 1. The number of carbonyl (C=O) groups excluding carboxylic acids is 1. The van der Waals surface area contributed by atoms with Gasteiger partial charge in [-0.1, -0.05) is 6.92 Å². The van der Waals surface area contributed by atoms with Gasteiger partial charge in [-0.25, -0.2) is 0 Å². The van der Waals surface area contributed by atoms with E-state index in [0.717, 1.165) is 25.8 Å². The molecule has 0 radical (unpaired) electrons. The van der Waals surface area contributed by atoms with E-state index in [0.29, 0.717) is 12.6 Å². The molecule has 0 aromatic carbocycles. The molecule has 0 saturated carbocycles. The molecule has 5 heteroatoms. The standard InChI is InChI=1S/C13H24N2O3/c1-4-10(2)15(9-13(17)18)12(16)8-14-7-5-6-11(14)3/h10-11H,4-9H2,1-3H3,(H,17,18). The summed E-state index contributed by atoms with van der Waals surface area (Å²) >= 11 is 0. The third-order valence-corrected chi connectivity index (χ3v) is 3.78. The van der Waals surface area contributed by atoms with E-state index < -0.39 is 5.97 Å². The van der Waals surface area contributed by atoms with Crippen LogP contribution in [0.5, 0.6) is 0 Å². The number of amides is 1. The quantitative estimate of drug-likeness (QED) is 0.775. The van der Waals surface area contributed by atoms with Crippen molar-refractivity contribution in [3.05, 3.63) is 0 Å². The topological polar surface area (TPSA) is 60.9 Å². The second-order valence-corrected chi connectivity index (χ2v) is 5.13. The van der Waals surface area contributed by atoms with Gasteiger partial charge < -0.3 is 10.0 Å². The van der Waals surface area contributed by atoms with Crippen LogP contribution >= 0.6 is 0 Å². The largest absolute Gasteiger partial charge is 0.480 e. The number of carboxylic acids is 1. The summed E-state index contributed by atoms with van der Waals surface area (Å²) in [4.78, 5) is 26.6. The fourth-order valence-electron chi connectivity index (χ4n) is 2.35. The van der Waals surface area contributed by atoms with Crippen molar-refractivity contribution in [1.82, 2.24) is 9.80 Å².